The van der Waals surface area contributed by atoms with Crippen molar-refractivity contribution in [2.45, 2.75) is 64.4 Å². The number of hydrogen-bond donors (Lipinski definition) is 0. The number of rotatable bonds is 5. The maximum absolute atomic E-state index is 14.5. The van der Waals surface area contributed by atoms with Crippen molar-refractivity contribution in [1.29, 1.82) is 0 Å². The van der Waals surface area contributed by atoms with Gasteiger partial charge in [-0.15, -0.1) is 0 Å². The normalized spacial score (nSPS) is 29.2. The van der Waals surface area contributed by atoms with Crippen molar-refractivity contribution in [1.82, 2.24) is 0 Å². The highest BCUT2D eigenvalue weighted by molar-refractivity contribution is 5.25. The highest BCUT2D eigenvalue weighted by atomic mass is 19.3. The second-order valence-corrected chi connectivity index (χ2v) is 8.18. The summed E-state index contributed by atoms with van der Waals surface area (Å²) in [5.41, 5.74) is 0. The zero-order valence-electron chi connectivity index (χ0n) is 16.1. The van der Waals surface area contributed by atoms with Gasteiger partial charge in [-0.25, -0.2) is 13.2 Å². The summed E-state index contributed by atoms with van der Waals surface area (Å²) in [5, 5.41) is 0. The highest BCUT2D eigenvalue weighted by Crippen LogP contribution is 2.45. The van der Waals surface area contributed by atoms with Crippen LogP contribution in [-0.4, -0.2) is 6.11 Å². The van der Waals surface area contributed by atoms with Crippen molar-refractivity contribution in [3.63, 3.8) is 0 Å². The average molecular weight is 402 g/mol. The molecule has 0 amide bonds. The largest absolute Gasteiger partial charge is 0.432 e. The van der Waals surface area contributed by atoms with Crippen molar-refractivity contribution < 1.29 is 26.7 Å². The van der Waals surface area contributed by atoms with Crippen molar-refractivity contribution >= 4 is 0 Å². The Labute approximate surface area is 163 Å². The first-order valence-corrected chi connectivity index (χ1v) is 10.1. The van der Waals surface area contributed by atoms with Gasteiger partial charge in [-0.3, -0.25) is 0 Å². The van der Waals surface area contributed by atoms with Gasteiger partial charge in [-0.05, 0) is 76.0 Å². The Morgan fingerprint density at radius 3 is 1.86 bits per heavy atom. The van der Waals surface area contributed by atoms with Crippen LogP contribution in [0.1, 0.15) is 58.3 Å². The lowest BCUT2D eigenvalue weighted by Gasteiger charge is -2.39. The Bertz CT molecular complexity index is 663. The van der Waals surface area contributed by atoms with E-state index in [1.807, 2.05) is 6.92 Å². The summed E-state index contributed by atoms with van der Waals surface area (Å²) in [6, 6.07) is 0.919. The van der Waals surface area contributed by atoms with E-state index in [1.54, 1.807) is 0 Å². The van der Waals surface area contributed by atoms with Gasteiger partial charge in [0.1, 0.15) is 5.75 Å². The molecular weight excluding hydrogens is 375 g/mol. The van der Waals surface area contributed by atoms with E-state index in [1.165, 1.54) is 0 Å². The fraction of sp³-hybridized carbons (Fsp3) is 0.636. The summed E-state index contributed by atoms with van der Waals surface area (Å²) in [4.78, 5) is 0. The molecule has 1 aromatic carbocycles. The fourth-order valence-corrected chi connectivity index (χ4v) is 4.84. The van der Waals surface area contributed by atoms with Crippen molar-refractivity contribution in [2.24, 2.45) is 23.7 Å². The smallest absolute Gasteiger partial charge is 0.400 e. The molecule has 0 N–H and O–H groups in total. The third-order valence-electron chi connectivity index (χ3n) is 6.41. The van der Waals surface area contributed by atoms with E-state index in [2.05, 4.69) is 16.9 Å². The average Bonchev–Trinajstić information content (AvgIpc) is 2.67. The monoisotopic (exact) mass is 402 g/mol. The van der Waals surface area contributed by atoms with Crippen LogP contribution in [0.3, 0.4) is 0 Å². The molecule has 2 fully saturated rings. The topological polar surface area (TPSA) is 9.23 Å². The van der Waals surface area contributed by atoms with E-state index in [-0.39, 0.29) is 0 Å². The van der Waals surface area contributed by atoms with E-state index in [9.17, 15) is 22.0 Å². The quantitative estimate of drug-likeness (QED) is 0.286. The first-order chi connectivity index (χ1) is 13.3. The van der Waals surface area contributed by atoms with E-state index in [0.29, 0.717) is 55.6 Å². The lowest BCUT2D eigenvalue weighted by Crippen LogP contribution is -2.38. The van der Waals surface area contributed by atoms with E-state index in [4.69, 9.17) is 0 Å². The summed E-state index contributed by atoms with van der Waals surface area (Å²) in [6.45, 7) is 2.03. The molecule has 0 aliphatic heterocycles. The molecule has 1 aromatic rings. The van der Waals surface area contributed by atoms with Crippen molar-refractivity contribution in [3.05, 3.63) is 41.7 Å². The minimum Gasteiger partial charge on any atom is -0.432 e. The van der Waals surface area contributed by atoms with Gasteiger partial charge in [0.25, 0.3) is 0 Å². The first-order valence-electron chi connectivity index (χ1n) is 10.1. The van der Waals surface area contributed by atoms with Crippen LogP contribution < -0.4 is 4.74 Å². The minimum absolute atomic E-state index is 0.318. The fourth-order valence-electron chi connectivity index (χ4n) is 4.84. The Morgan fingerprint density at radius 2 is 1.36 bits per heavy atom. The van der Waals surface area contributed by atoms with Gasteiger partial charge >= 0.3 is 6.11 Å². The Hall–Kier alpha value is -1.59. The van der Waals surface area contributed by atoms with Crippen molar-refractivity contribution in [3.8, 4) is 5.75 Å². The maximum Gasteiger partial charge on any atom is 0.400 e. The molecule has 0 saturated heterocycles. The number of halogens is 5. The molecule has 0 bridgehead atoms. The molecule has 1 nitrogen and oxygen atoms in total. The van der Waals surface area contributed by atoms with Crippen LogP contribution in [0.4, 0.5) is 22.0 Å². The maximum atomic E-state index is 14.5. The lowest BCUT2D eigenvalue weighted by molar-refractivity contribution is -0.224. The standard InChI is InChI=1S/C22H27F5O/c1-2-3-14-4-6-15(7-5-14)16-8-10-17(11-9-16)22(26,27)28-18-12-19(23)21(25)20(24)13-18/h2-3,12-17H,4-11H2,1H3. The Kier molecular flexibility index (Phi) is 6.66. The van der Waals surface area contributed by atoms with Crippen LogP contribution in [0.25, 0.3) is 0 Å². The van der Waals surface area contributed by atoms with E-state index < -0.39 is 35.2 Å². The zero-order valence-corrected chi connectivity index (χ0v) is 16.1. The predicted octanol–water partition coefficient (Wildman–Crippen LogP) is 7.26. The van der Waals surface area contributed by atoms with Gasteiger partial charge in [-0.2, -0.15) is 8.78 Å². The number of alkyl halides is 2. The SMILES string of the molecule is CC=CC1CCC(C2CCC(C(F)(F)Oc3cc(F)c(F)c(F)c3)CC2)CC1. The molecule has 0 radical (unpaired) electrons. The van der Waals surface area contributed by atoms with Crippen LogP contribution in [0, 0.1) is 41.1 Å². The Balaban J connectivity index is 1.54. The van der Waals surface area contributed by atoms with Gasteiger partial charge in [0.15, 0.2) is 17.5 Å². The van der Waals surface area contributed by atoms with Gasteiger partial charge < -0.3 is 4.74 Å². The van der Waals surface area contributed by atoms with Gasteiger partial charge in [0, 0.05) is 12.1 Å². The van der Waals surface area contributed by atoms with Crippen LogP contribution in [0.2, 0.25) is 0 Å². The second-order valence-electron chi connectivity index (χ2n) is 8.18. The zero-order chi connectivity index (χ0) is 20.3. The van der Waals surface area contributed by atoms with Crippen molar-refractivity contribution in [2.75, 3.05) is 0 Å². The first kappa shape index (κ1) is 21.1. The molecule has 0 unspecified atom stereocenters. The third kappa shape index (κ3) is 4.87. The molecule has 0 spiro atoms. The molecule has 0 aromatic heterocycles. The van der Waals surface area contributed by atoms with Crippen LogP contribution in [-0.2, 0) is 0 Å². The number of ether oxygens (including phenoxy) is 1. The van der Waals surface area contributed by atoms with Crippen LogP contribution in [0.15, 0.2) is 24.3 Å². The van der Waals surface area contributed by atoms with Crippen LogP contribution >= 0.6 is 0 Å². The summed E-state index contributed by atoms with van der Waals surface area (Å²) < 4.78 is 73.1. The summed E-state index contributed by atoms with van der Waals surface area (Å²) in [6.07, 6.45) is 7.50. The molecule has 156 valence electrons. The number of allylic oxidation sites excluding steroid dienone is 2. The second kappa shape index (κ2) is 8.83. The molecule has 28 heavy (non-hydrogen) atoms. The Morgan fingerprint density at radius 1 is 0.857 bits per heavy atom. The number of benzene rings is 1. The highest BCUT2D eigenvalue weighted by Gasteiger charge is 2.45. The third-order valence-corrected chi connectivity index (χ3v) is 6.41. The van der Waals surface area contributed by atoms with Gasteiger partial charge in [0.2, 0.25) is 0 Å². The minimum atomic E-state index is -3.54. The van der Waals surface area contributed by atoms with E-state index in [0.717, 1.165) is 25.7 Å². The molecule has 3 rings (SSSR count). The van der Waals surface area contributed by atoms with E-state index >= 15 is 0 Å². The molecule has 2 aliphatic carbocycles. The summed E-state index contributed by atoms with van der Waals surface area (Å²) >= 11 is 0. The van der Waals surface area contributed by atoms with Gasteiger partial charge in [-0.1, -0.05) is 12.2 Å². The molecule has 2 aliphatic rings. The molecule has 2 saturated carbocycles. The molecule has 0 heterocycles. The molecule has 0 atom stereocenters. The predicted molar refractivity (Wildman–Crippen MR) is 97.6 cm³/mol. The summed E-state index contributed by atoms with van der Waals surface area (Å²) in [5.74, 6) is -4.76. The number of hydrogen-bond acceptors (Lipinski definition) is 1. The van der Waals surface area contributed by atoms with Gasteiger partial charge in [0.05, 0.1) is 5.92 Å². The summed E-state index contributed by atoms with van der Waals surface area (Å²) in [7, 11) is 0. The van der Waals surface area contributed by atoms with Crippen LogP contribution in [0.5, 0.6) is 5.75 Å². The molecule has 6 heteroatoms. The molecular formula is C22H27F5O. The lowest BCUT2D eigenvalue weighted by atomic mass is 9.69.